The maximum Gasteiger partial charge on any atom is 0.161 e. The Hall–Kier alpha value is -2.36. The molecule has 0 saturated carbocycles. The van der Waals surface area contributed by atoms with E-state index < -0.39 is 0 Å². The van der Waals surface area contributed by atoms with Gasteiger partial charge in [-0.05, 0) is 30.2 Å². The highest BCUT2D eigenvalue weighted by atomic mass is 16.5. The number of ether oxygens (including phenoxy) is 2. The Morgan fingerprint density at radius 2 is 1.67 bits per heavy atom. The molecule has 0 fully saturated rings. The number of methoxy groups -OCH3 is 2. The average molecular weight is 330 g/mol. The SMILES string of the molecule is CCCCCC(c1ccc(OC)c(OC)c1)c1ccc(O)cc1O. The molecule has 2 rings (SSSR count). The lowest BCUT2D eigenvalue weighted by Crippen LogP contribution is -2.03. The zero-order chi connectivity index (χ0) is 17.5. The van der Waals surface area contributed by atoms with Gasteiger partial charge in [0.05, 0.1) is 14.2 Å². The van der Waals surface area contributed by atoms with E-state index in [1.54, 1.807) is 26.4 Å². The van der Waals surface area contributed by atoms with Crippen LogP contribution < -0.4 is 9.47 Å². The van der Waals surface area contributed by atoms with E-state index in [1.165, 1.54) is 6.07 Å². The first-order chi connectivity index (χ1) is 11.6. The summed E-state index contributed by atoms with van der Waals surface area (Å²) < 4.78 is 10.7. The predicted molar refractivity (Wildman–Crippen MR) is 95.3 cm³/mol. The van der Waals surface area contributed by atoms with Crippen molar-refractivity contribution in [2.24, 2.45) is 0 Å². The Morgan fingerprint density at radius 1 is 0.917 bits per heavy atom. The Morgan fingerprint density at radius 3 is 2.29 bits per heavy atom. The molecule has 2 aromatic rings. The van der Waals surface area contributed by atoms with E-state index in [0.29, 0.717) is 11.5 Å². The number of hydrogen-bond donors (Lipinski definition) is 2. The molecule has 0 aliphatic rings. The van der Waals surface area contributed by atoms with Crippen LogP contribution in [0.3, 0.4) is 0 Å². The molecule has 2 aromatic carbocycles. The van der Waals surface area contributed by atoms with Gasteiger partial charge in [-0.3, -0.25) is 0 Å². The van der Waals surface area contributed by atoms with Crippen LogP contribution >= 0.6 is 0 Å². The van der Waals surface area contributed by atoms with Crippen LogP contribution in [0.15, 0.2) is 36.4 Å². The lowest BCUT2D eigenvalue weighted by atomic mass is 9.86. The molecule has 0 aliphatic heterocycles. The van der Waals surface area contributed by atoms with Gasteiger partial charge in [-0.15, -0.1) is 0 Å². The van der Waals surface area contributed by atoms with E-state index in [9.17, 15) is 10.2 Å². The normalized spacial score (nSPS) is 12.0. The Bertz CT molecular complexity index is 667. The minimum Gasteiger partial charge on any atom is -0.508 e. The number of phenols is 2. The van der Waals surface area contributed by atoms with Gasteiger partial charge < -0.3 is 19.7 Å². The summed E-state index contributed by atoms with van der Waals surface area (Å²) >= 11 is 0. The van der Waals surface area contributed by atoms with Crippen molar-refractivity contribution in [1.29, 1.82) is 0 Å². The smallest absolute Gasteiger partial charge is 0.161 e. The van der Waals surface area contributed by atoms with Gasteiger partial charge >= 0.3 is 0 Å². The van der Waals surface area contributed by atoms with Crippen molar-refractivity contribution in [2.45, 2.75) is 38.5 Å². The van der Waals surface area contributed by atoms with Crippen LogP contribution in [0.25, 0.3) is 0 Å². The molecule has 0 spiro atoms. The van der Waals surface area contributed by atoms with E-state index in [2.05, 4.69) is 6.92 Å². The molecule has 2 N–H and O–H groups in total. The van der Waals surface area contributed by atoms with Crippen LogP contribution in [-0.2, 0) is 0 Å². The van der Waals surface area contributed by atoms with Crippen LogP contribution in [0.5, 0.6) is 23.0 Å². The molecule has 130 valence electrons. The molecule has 4 heteroatoms. The molecule has 0 aliphatic carbocycles. The molecular formula is C20H26O4. The summed E-state index contributed by atoms with van der Waals surface area (Å²) in [4.78, 5) is 0. The molecule has 0 saturated heterocycles. The topological polar surface area (TPSA) is 58.9 Å². The van der Waals surface area contributed by atoms with Crippen molar-refractivity contribution < 1.29 is 19.7 Å². The van der Waals surface area contributed by atoms with Crippen molar-refractivity contribution in [3.05, 3.63) is 47.5 Å². The zero-order valence-corrected chi connectivity index (χ0v) is 14.6. The van der Waals surface area contributed by atoms with Gasteiger partial charge in [0, 0.05) is 17.5 Å². The van der Waals surface area contributed by atoms with E-state index >= 15 is 0 Å². The number of phenolic OH excluding ortho intramolecular Hbond substituents is 2. The van der Waals surface area contributed by atoms with Crippen molar-refractivity contribution in [1.82, 2.24) is 0 Å². The average Bonchev–Trinajstić information content (AvgIpc) is 2.59. The molecule has 24 heavy (non-hydrogen) atoms. The molecule has 0 aromatic heterocycles. The number of hydrogen-bond acceptors (Lipinski definition) is 4. The summed E-state index contributed by atoms with van der Waals surface area (Å²) in [5.74, 6) is 1.58. The highest BCUT2D eigenvalue weighted by Gasteiger charge is 2.19. The van der Waals surface area contributed by atoms with Gasteiger partial charge in [-0.2, -0.15) is 0 Å². The van der Waals surface area contributed by atoms with Gasteiger partial charge in [0.2, 0.25) is 0 Å². The molecule has 0 heterocycles. The summed E-state index contributed by atoms with van der Waals surface area (Å²) in [6, 6.07) is 10.6. The van der Waals surface area contributed by atoms with Crippen LogP contribution in [0, 0.1) is 0 Å². The number of unbranched alkanes of at least 4 members (excludes halogenated alkanes) is 2. The van der Waals surface area contributed by atoms with E-state index in [1.807, 2.05) is 18.2 Å². The fourth-order valence-corrected chi connectivity index (χ4v) is 3.00. The van der Waals surface area contributed by atoms with Gasteiger partial charge in [0.15, 0.2) is 11.5 Å². The standard InChI is InChI=1S/C20H26O4/c1-4-5-6-7-16(17-10-9-15(21)13-18(17)22)14-8-11-19(23-2)20(12-14)24-3/h8-13,16,21-22H,4-7H2,1-3H3. The van der Waals surface area contributed by atoms with Crippen molar-refractivity contribution in [3.8, 4) is 23.0 Å². The first-order valence-electron chi connectivity index (χ1n) is 8.34. The molecular weight excluding hydrogens is 304 g/mol. The second-order valence-electron chi connectivity index (χ2n) is 5.91. The predicted octanol–water partition coefficient (Wildman–Crippen LogP) is 4.83. The first-order valence-corrected chi connectivity index (χ1v) is 8.34. The lowest BCUT2D eigenvalue weighted by molar-refractivity contribution is 0.354. The Balaban J connectivity index is 2.42. The second-order valence-corrected chi connectivity index (χ2v) is 5.91. The lowest BCUT2D eigenvalue weighted by Gasteiger charge is -2.20. The van der Waals surface area contributed by atoms with Crippen LogP contribution in [0.1, 0.15) is 49.7 Å². The summed E-state index contributed by atoms with van der Waals surface area (Å²) in [6.07, 6.45) is 4.26. The van der Waals surface area contributed by atoms with E-state index in [4.69, 9.17) is 9.47 Å². The van der Waals surface area contributed by atoms with E-state index in [-0.39, 0.29) is 17.4 Å². The third kappa shape index (κ3) is 4.13. The largest absolute Gasteiger partial charge is 0.508 e. The monoisotopic (exact) mass is 330 g/mol. The third-order valence-corrected chi connectivity index (χ3v) is 4.30. The number of benzene rings is 2. The Labute approximate surface area is 143 Å². The maximum atomic E-state index is 10.3. The molecule has 1 unspecified atom stereocenters. The van der Waals surface area contributed by atoms with Crippen LogP contribution in [0.2, 0.25) is 0 Å². The second kappa shape index (κ2) is 8.48. The summed E-state index contributed by atoms with van der Waals surface area (Å²) in [5, 5.41) is 19.8. The van der Waals surface area contributed by atoms with Crippen LogP contribution in [-0.4, -0.2) is 24.4 Å². The summed E-state index contributed by atoms with van der Waals surface area (Å²) in [6.45, 7) is 2.17. The summed E-state index contributed by atoms with van der Waals surface area (Å²) in [7, 11) is 3.23. The third-order valence-electron chi connectivity index (χ3n) is 4.30. The zero-order valence-electron chi connectivity index (χ0n) is 14.6. The quantitative estimate of drug-likeness (QED) is 0.681. The highest BCUT2D eigenvalue weighted by Crippen LogP contribution is 2.39. The highest BCUT2D eigenvalue weighted by molar-refractivity contribution is 5.49. The minimum atomic E-state index is 0.0388. The fraction of sp³-hybridized carbons (Fsp3) is 0.400. The van der Waals surface area contributed by atoms with Crippen molar-refractivity contribution in [3.63, 3.8) is 0 Å². The summed E-state index contributed by atoms with van der Waals surface area (Å²) in [5.41, 5.74) is 1.88. The van der Waals surface area contributed by atoms with Crippen molar-refractivity contribution in [2.75, 3.05) is 14.2 Å². The first kappa shape index (κ1) is 18.0. The van der Waals surface area contributed by atoms with E-state index in [0.717, 1.165) is 36.8 Å². The molecule has 0 radical (unpaired) electrons. The maximum absolute atomic E-state index is 10.3. The van der Waals surface area contributed by atoms with Gasteiger partial charge in [0.1, 0.15) is 11.5 Å². The van der Waals surface area contributed by atoms with Gasteiger partial charge in [-0.1, -0.05) is 38.3 Å². The van der Waals surface area contributed by atoms with Gasteiger partial charge in [0.25, 0.3) is 0 Å². The van der Waals surface area contributed by atoms with Crippen molar-refractivity contribution >= 4 is 0 Å². The fourth-order valence-electron chi connectivity index (χ4n) is 3.00. The van der Waals surface area contributed by atoms with Crippen LogP contribution in [0.4, 0.5) is 0 Å². The molecule has 0 bridgehead atoms. The molecule has 1 atom stereocenters. The molecule has 0 amide bonds. The number of rotatable bonds is 8. The number of aromatic hydroxyl groups is 2. The minimum absolute atomic E-state index is 0.0388. The molecule has 4 nitrogen and oxygen atoms in total. The van der Waals surface area contributed by atoms with Gasteiger partial charge in [-0.25, -0.2) is 0 Å². The Kier molecular flexibility index (Phi) is 6.36.